The van der Waals surface area contributed by atoms with Crippen molar-refractivity contribution in [2.24, 2.45) is 0 Å². The zero-order valence-corrected chi connectivity index (χ0v) is 15.1. The summed E-state index contributed by atoms with van der Waals surface area (Å²) in [7, 11) is 0. The third-order valence-electron chi connectivity index (χ3n) is 3.64. The van der Waals surface area contributed by atoms with Gasteiger partial charge in [-0.05, 0) is 29.8 Å². The van der Waals surface area contributed by atoms with Gasteiger partial charge in [0, 0.05) is 22.9 Å². The van der Waals surface area contributed by atoms with Gasteiger partial charge in [0.05, 0.1) is 21.5 Å². The van der Waals surface area contributed by atoms with Crippen LogP contribution in [0.3, 0.4) is 0 Å². The summed E-state index contributed by atoms with van der Waals surface area (Å²) >= 11 is 9.95. The van der Waals surface area contributed by atoms with Crippen LogP contribution in [0.5, 0.6) is 0 Å². The second-order valence-electron chi connectivity index (χ2n) is 5.30. The van der Waals surface area contributed by atoms with E-state index in [2.05, 4.69) is 4.98 Å². The van der Waals surface area contributed by atoms with E-state index < -0.39 is 16.9 Å². The summed E-state index contributed by atoms with van der Waals surface area (Å²) in [6.45, 7) is 0. The molecule has 0 spiro atoms. The van der Waals surface area contributed by atoms with E-state index in [0.717, 1.165) is 11.1 Å². The third kappa shape index (κ3) is 4.07. The van der Waals surface area contributed by atoms with Crippen LogP contribution in [0, 0.1) is 5.82 Å². The van der Waals surface area contributed by atoms with Crippen molar-refractivity contribution in [1.82, 2.24) is 4.98 Å². The fraction of sp³-hybridized carbons (Fsp3) is 0.0556. The lowest BCUT2D eigenvalue weighted by molar-refractivity contribution is 0.559. The second-order valence-corrected chi connectivity index (χ2v) is 7.05. The second kappa shape index (κ2) is 7.62. The Bertz CT molecular complexity index is 966. The van der Waals surface area contributed by atoms with Gasteiger partial charge >= 0.3 is 0 Å². The van der Waals surface area contributed by atoms with Crippen molar-refractivity contribution in [3.05, 3.63) is 76.2 Å². The van der Waals surface area contributed by atoms with Crippen LogP contribution in [-0.4, -0.2) is 13.7 Å². The van der Waals surface area contributed by atoms with E-state index in [1.54, 1.807) is 30.5 Å². The molecule has 3 aromatic rings. The molecule has 0 aliphatic heterocycles. The fourth-order valence-electron chi connectivity index (χ4n) is 2.48. The molecule has 0 aliphatic carbocycles. The van der Waals surface area contributed by atoms with Gasteiger partial charge < -0.3 is 4.55 Å². The van der Waals surface area contributed by atoms with Crippen LogP contribution in [0.2, 0.25) is 10.0 Å². The van der Waals surface area contributed by atoms with Crippen LogP contribution >= 0.6 is 23.2 Å². The van der Waals surface area contributed by atoms with Gasteiger partial charge in [-0.15, -0.1) is 0 Å². The van der Waals surface area contributed by atoms with Crippen LogP contribution in [0.15, 0.2) is 54.7 Å². The average Bonchev–Trinajstić information content (AvgIpc) is 2.59. The zero-order valence-electron chi connectivity index (χ0n) is 12.7. The number of halogens is 3. The van der Waals surface area contributed by atoms with Gasteiger partial charge in [-0.2, -0.15) is 0 Å². The van der Waals surface area contributed by atoms with Crippen molar-refractivity contribution in [2.45, 2.75) is 5.75 Å². The quantitative estimate of drug-likeness (QED) is 0.586. The first-order valence-electron chi connectivity index (χ1n) is 7.22. The van der Waals surface area contributed by atoms with Gasteiger partial charge in [-0.1, -0.05) is 47.5 Å². The maximum absolute atomic E-state index is 14.2. The fourth-order valence-corrected chi connectivity index (χ4v) is 3.27. The van der Waals surface area contributed by atoms with Crippen LogP contribution in [0.4, 0.5) is 4.39 Å². The first kappa shape index (κ1) is 18.0. The van der Waals surface area contributed by atoms with Crippen LogP contribution < -0.4 is 0 Å². The summed E-state index contributed by atoms with van der Waals surface area (Å²) < 4.78 is 34.0. The summed E-state index contributed by atoms with van der Waals surface area (Å²) in [6.07, 6.45) is 1.62. The van der Waals surface area contributed by atoms with Crippen molar-refractivity contribution in [3.8, 4) is 22.4 Å². The number of aromatic nitrogens is 1. The summed E-state index contributed by atoms with van der Waals surface area (Å²) in [6, 6.07) is 13.3. The van der Waals surface area contributed by atoms with Gasteiger partial charge in [-0.25, -0.2) is 8.60 Å². The molecule has 25 heavy (non-hydrogen) atoms. The molecule has 0 radical (unpaired) electrons. The van der Waals surface area contributed by atoms with Gasteiger partial charge in [0.1, 0.15) is 5.82 Å². The standard InChI is InChI=1S/C18H12Cl2FNO2S/c19-15-6-5-11(8-16(15)20)14-2-1-7-22-18(14)12-3-4-13(10-25(23)24)17(21)9-12/h1-9H,10H2,(H,23,24). The number of hydrogen-bond acceptors (Lipinski definition) is 2. The highest BCUT2D eigenvalue weighted by Crippen LogP contribution is 2.34. The molecule has 1 heterocycles. The highest BCUT2D eigenvalue weighted by molar-refractivity contribution is 7.78. The van der Waals surface area contributed by atoms with E-state index >= 15 is 0 Å². The van der Waals surface area contributed by atoms with E-state index in [9.17, 15) is 8.60 Å². The first-order chi connectivity index (χ1) is 12.0. The molecule has 1 aromatic heterocycles. The maximum Gasteiger partial charge on any atom is 0.157 e. The average molecular weight is 396 g/mol. The molecule has 2 aromatic carbocycles. The minimum absolute atomic E-state index is 0.177. The Morgan fingerprint density at radius 2 is 1.80 bits per heavy atom. The van der Waals surface area contributed by atoms with E-state index in [1.165, 1.54) is 12.1 Å². The highest BCUT2D eigenvalue weighted by atomic mass is 35.5. The zero-order chi connectivity index (χ0) is 18.0. The number of benzene rings is 2. The Kier molecular flexibility index (Phi) is 5.49. The molecule has 0 amide bonds. The molecule has 0 aliphatic rings. The van der Waals surface area contributed by atoms with Gasteiger partial charge in [0.2, 0.25) is 0 Å². The minimum atomic E-state index is -2.10. The van der Waals surface area contributed by atoms with Gasteiger partial charge in [0.25, 0.3) is 0 Å². The molecular weight excluding hydrogens is 384 g/mol. The molecule has 3 nitrogen and oxygen atoms in total. The molecular formula is C18H12Cl2FNO2S. The predicted molar refractivity (Wildman–Crippen MR) is 99.6 cm³/mol. The van der Waals surface area contributed by atoms with Crippen molar-refractivity contribution in [1.29, 1.82) is 0 Å². The van der Waals surface area contributed by atoms with E-state index in [4.69, 9.17) is 27.8 Å². The Balaban J connectivity index is 2.08. The van der Waals surface area contributed by atoms with Crippen LogP contribution in [0.1, 0.15) is 5.56 Å². The molecule has 7 heteroatoms. The molecule has 0 saturated heterocycles. The van der Waals surface area contributed by atoms with Gasteiger partial charge in [-0.3, -0.25) is 4.98 Å². The Hall–Kier alpha value is -1.79. The summed E-state index contributed by atoms with van der Waals surface area (Å²) in [4.78, 5) is 4.36. The summed E-state index contributed by atoms with van der Waals surface area (Å²) in [5, 5.41) is 0.865. The highest BCUT2D eigenvalue weighted by Gasteiger charge is 2.13. The molecule has 1 unspecified atom stereocenters. The summed E-state index contributed by atoms with van der Waals surface area (Å²) in [5.41, 5.74) is 2.90. The van der Waals surface area contributed by atoms with Crippen molar-refractivity contribution < 1.29 is 13.2 Å². The third-order valence-corrected chi connectivity index (χ3v) is 4.94. The van der Waals surface area contributed by atoms with Gasteiger partial charge in [0.15, 0.2) is 11.1 Å². The predicted octanol–water partition coefficient (Wildman–Crippen LogP) is 5.58. The normalized spacial score (nSPS) is 12.2. The smallest absolute Gasteiger partial charge is 0.157 e. The molecule has 0 saturated carbocycles. The van der Waals surface area contributed by atoms with Crippen molar-refractivity contribution in [3.63, 3.8) is 0 Å². The topological polar surface area (TPSA) is 50.2 Å². The Morgan fingerprint density at radius 3 is 2.48 bits per heavy atom. The molecule has 0 bridgehead atoms. The molecule has 1 N–H and O–H groups in total. The van der Waals surface area contributed by atoms with Crippen LogP contribution in [-0.2, 0) is 16.8 Å². The lowest BCUT2D eigenvalue weighted by Crippen LogP contribution is -1.97. The summed E-state index contributed by atoms with van der Waals surface area (Å²) in [5.74, 6) is -0.806. The molecule has 3 rings (SSSR count). The van der Waals surface area contributed by atoms with Crippen molar-refractivity contribution in [2.75, 3.05) is 0 Å². The first-order valence-corrected chi connectivity index (χ1v) is 9.25. The number of pyridine rings is 1. The Morgan fingerprint density at radius 1 is 1.04 bits per heavy atom. The van der Waals surface area contributed by atoms with E-state index in [-0.39, 0.29) is 11.3 Å². The lowest BCUT2D eigenvalue weighted by Gasteiger charge is -2.11. The van der Waals surface area contributed by atoms with E-state index in [0.29, 0.717) is 21.3 Å². The van der Waals surface area contributed by atoms with Crippen molar-refractivity contribution >= 4 is 34.3 Å². The lowest BCUT2D eigenvalue weighted by atomic mass is 9.98. The SMILES string of the molecule is O=S(O)Cc1ccc(-c2ncccc2-c2ccc(Cl)c(Cl)c2)cc1F. The number of rotatable bonds is 4. The largest absolute Gasteiger partial charge is 0.306 e. The Labute approximate surface area is 156 Å². The number of hydrogen-bond donors (Lipinski definition) is 1. The molecule has 0 fully saturated rings. The minimum Gasteiger partial charge on any atom is -0.306 e. The monoisotopic (exact) mass is 395 g/mol. The number of nitrogens with zero attached hydrogens (tertiary/aromatic N) is 1. The molecule has 128 valence electrons. The van der Waals surface area contributed by atoms with E-state index in [1.807, 2.05) is 12.1 Å². The molecule has 1 atom stereocenters. The maximum atomic E-state index is 14.2. The van der Waals surface area contributed by atoms with Crippen LogP contribution in [0.25, 0.3) is 22.4 Å².